The van der Waals surface area contributed by atoms with E-state index in [1.807, 2.05) is 6.92 Å². The SMILES string of the molecule is CCOc1ccc(-c2ccc(NC(=O)Nc3cccc(C(F)(F)F)c3)cc2)nn1. The number of amides is 2. The first kappa shape index (κ1) is 20.1. The number of benzene rings is 2. The summed E-state index contributed by atoms with van der Waals surface area (Å²) in [5.41, 5.74) is 1.09. The number of nitrogens with zero attached hydrogens (tertiary/aromatic N) is 2. The summed E-state index contributed by atoms with van der Waals surface area (Å²) in [7, 11) is 0. The van der Waals surface area contributed by atoms with E-state index in [-0.39, 0.29) is 5.69 Å². The Morgan fingerprint density at radius 3 is 2.31 bits per heavy atom. The highest BCUT2D eigenvalue weighted by Gasteiger charge is 2.30. The average molecular weight is 402 g/mol. The number of urea groups is 1. The Balaban J connectivity index is 1.63. The van der Waals surface area contributed by atoms with Gasteiger partial charge in [-0.1, -0.05) is 18.2 Å². The van der Waals surface area contributed by atoms with Crippen molar-refractivity contribution < 1.29 is 22.7 Å². The van der Waals surface area contributed by atoms with Gasteiger partial charge in [0.25, 0.3) is 0 Å². The van der Waals surface area contributed by atoms with E-state index in [1.54, 1.807) is 36.4 Å². The lowest BCUT2D eigenvalue weighted by Gasteiger charge is -2.11. The number of alkyl halides is 3. The Morgan fingerprint density at radius 2 is 1.69 bits per heavy atom. The predicted molar refractivity (Wildman–Crippen MR) is 103 cm³/mol. The first-order valence-electron chi connectivity index (χ1n) is 8.67. The Hall–Kier alpha value is -3.62. The Kier molecular flexibility index (Phi) is 5.96. The van der Waals surface area contributed by atoms with Crippen molar-refractivity contribution >= 4 is 17.4 Å². The van der Waals surface area contributed by atoms with Crippen LogP contribution in [0.15, 0.2) is 60.7 Å². The van der Waals surface area contributed by atoms with Crippen molar-refractivity contribution in [3.05, 3.63) is 66.2 Å². The minimum atomic E-state index is -4.48. The van der Waals surface area contributed by atoms with Crippen LogP contribution in [0.4, 0.5) is 29.3 Å². The lowest BCUT2D eigenvalue weighted by molar-refractivity contribution is -0.137. The average Bonchev–Trinajstić information content (AvgIpc) is 2.69. The lowest BCUT2D eigenvalue weighted by atomic mass is 10.1. The van der Waals surface area contributed by atoms with Gasteiger partial charge in [0.1, 0.15) is 0 Å². The van der Waals surface area contributed by atoms with Gasteiger partial charge in [-0.15, -0.1) is 10.2 Å². The molecule has 0 bridgehead atoms. The van der Waals surface area contributed by atoms with E-state index in [1.165, 1.54) is 12.1 Å². The molecule has 0 radical (unpaired) electrons. The monoisotopic (exact) mass is 402 g/mol. The maximum Gasteiger partial charge on any atom is 0.416 e. The molecule has 0 unspecified atom stereocenters. The summed E-state index contributed by atoms with van der Waals surface area (Å²) in [5, 5.41) is 13.0. The van der Waals surface area contributed by atoms with Crippen molar-refractivity contribution in [3.8, 4) is 17.1 Å². The molecule has 150 valence electrons. The van der Waals surface area contributed by atoms with Crippen molar-refractivity contribution in [2.24, 2.45) is 0 Å². The highest BCUT2D eigenvalue weighted by atomic mass is 19.4. The number of ether oxygens (including phenoxy) is 1. The number of halogens is 3. The van der Waals surface area contributed by atoms with Crippen LogP contribution in [-0.2, 0) is 6.18 Å². The van der Waals surface area contributed by atoms with Gasteiger partial charge in [-0.2, -0.15) is 13.2 Å². The third-order valence-corrected chi connectivity index (χ3v) is 3.82. The van der Waals surface area contributed by atoms with Crippen LogP contribution in [0.2, 0.25) is 0 Å². The summed E-state index contributed by atoms with van der Waals surface area (Å²) in [6, 6.07) is 14.0. The molecule has 0 saturated heterocycles. The fourth-order valence-electron chi connectivity index (χ4n) is 2.49. The van der Waals surface area contributed by atoms with Crippen LogP contribution in [0.5, 0.6) is 5.88 Å². The summed E-state index contributed by atoms with van der Waals surface area (Å²) < 4.78 is 43.5. The standard InChI is InChI=1S/C20H17F3N4O2/c1-2-29-18-11-10-17(26-27-18)13-6-8-15(9-7-13)24-19(28)25-16-5-3-4-14(12-16)20(21,22)23/h3-12H,2H2,1H3,(H2,24,25,28). The molecule has 0 saturated carbocycles. The van der Waals surface area contributed by atoms with Crippen LogP contribution >= 0.6 is 0 Å². The van der Waals surface area contributed by atoms with Gasteiger partial charge in [0.15, 0.2) is 0 Å². The molecule has 29 heavy (non-hydrogen) atoms. The zero-order valence-electron chi connectivity index (χ0n) is 15.3. The molecule has 3 rings (SSSR count). The molecule has 2 N–H and O–H groups in total. The summed E-state index contributed by atoms with van der Waals surface area (Å²) in [6.45, 7) is 2.35. The van der Waals surface area contributed by atoms with Gasteiger partial charge < -0.3 is 15.4 Å². The van der Waals surface area contributed by atoms with Gasteiger partial charge in [0.05, 0.1) is 17.9 Å². The summed E-state index contributed by atoms with van der Waals surface area (Å²) in [6.07, 6.45) is -4.48. The van der Waals surface area contributed by atoms with E-state index in [4.69, 9.17) is 4.74 Å². The van der Waals surface area contributed by atoms with Crippen molar-refractivity contribution in [2.75, 3.05) is 17.2 Å². The second-order valence-corrected chi connectivity index (χ2v) is 5.92. The molecule has 1 heterocycles. The van der Waals surface area contributed by atoms with E-state index in [0.29, 0.717) is 23.9 Å². The maximum atomic E-state index is 12.7. The second-order valence-electron chi connectivity index (χ2n) is 5.92. The molecule has 9 heteroatoms. The number of hydrogen-bond donors (Lipinski definition) is 2. The van der Waals surface area contributed by atoms with E-state index >= 15 is 0 Å². The molecule has 3 aromatic rings. The first-order valence-corrected chi connectivity index (χ1v) is 8.67. The fourth-order valence-corrected chi connectivity index (χ4v) is 2.49. The van der Waals surface area contributed by atoms with Gasteiger partial charge >= 0.3 is 12.2 Å². The highest BCUT2D eigenvalue weighted by molar-refractivity contribution is 5.99. The largest absolute Gasteiger partial charge is 0.477 e. The van der Waals surface area contributed by atoms with Crippen molar-refractivity contribution in [2.45, 2.75) is 13.1 Å². The fraction of sp³-hybridized carbons (Fsp3) is 0.150. The zero-order valence-corrected chi connectivity index (χ0v) is 15.3. The number of aromatic nitrogens is 2. The number of hydrogen-bond acceptors (Lipinski definition) is 4. The normalized spacial score (nSPS) is 11.0. The van der Waals surface area contributed by atoms with E-state index < -0.39 is 17.8 Å². The number of anilines is 2. The minimum absolute atomic E-state index is 0.0404. The second kappa shape index (κ2) is 8.59. The van der Waals surface area contributed by atoms with Crippen molar-refractivity contribution in [1.29, 1.82) is 0 Å². The molecule has 0 atom stereocenters. The number of carbonyl (C=O) groups is 1. The smallest absolute Gasteiger partial charge is 0.416 e. The molecular weight excluding hydrogens is 385 g/mol. The van der Waals surface area contributed by atoms with Crippen LogP contribution in [0, 0.1) is 0 Å². The number of rotatable bonds is 5. The number of nitrogens with one attached hydrogen (secondary N) is 2. The molecule has 0 aliphatic carbocycles. The van der Waals surface area contributed by atoms with Crippen LogP contribution in [0.3, 0.4) is 0 Å². The predicted octanol–water partition coefficient (Wildman–Crippen LogP) is 5.21. The summed E-state index contributed by atoms with van der Waals surface area (Å²) >= 11 is 0. The maximum absolute atomic E-state index is 12.7. The minimum Gasteiger partial charge on any atom is -0.477 e. The molecule has 0 spiro atoms. The van der Waals surface area contributed by atoms with Gasteiger partial charge in [-0.25, -0.2) is 4.79 Å². The van der Waals surface area contributed by atoms with Crippen molar-refractivity contribution in [3.63, 3.8) is 0 Å². The van der Waals surface area contributed by atoms with Crippen LogP contribution in [0.1, 0.15) is 12.5 Å². The molecule has 0 aliphatic rings. The van der Waals surface area contributed by atoms with E-state index in [2.05, 4.69) is 20.8 Å². The highest BCUT2D eigenvalue weighted by Crippen LogP contribution is 2.30. The van der Waals surface area contributed by atoms with E-state index in [0.717, 1.165) is 17.7 Å². The Morgan fingerprint density at radius 1 is 0.966 bits per heavy atom. The lowest BCUT2D eigenvalue weighted by Crippen LogP contribution is -2.19. The quantitative estimate of drug-likeness (QED) is 0.615. The van der Waals surface area contributed by atoms with Crippen LogP contribution in [0.25, 0.3) is 11.3 Å². The Labute approximate surface area is 164 Å². The van der Waals surface area contributed by atoms with Crippen LogP contribution in [-0.4, -0.2) is 22.8 Å². The van der Waals surface area contributed by atoms with Gasteiger partial charge in [0.2, 0.25) is 5.88 Å². The molecule has 0 aliphatic heterocycles. The molecule has 1 aromatic heterocycles. The van der Waals surface area contributed by atoms with Gasteiger partial charge in [0, 0.05) is 23.0 Å². The Bertz CT molecular complexity index is 974. The zero-order chi connectivity index (χ0) is 20.9. The van der Waals surface area contributed by atoms with Gasteiger partial charge in [-0.3, -0.25) is 0 Å². The number of carbonyl (C=O) groups excluding carboxylic acids is 1. The molecule has 0 fully saturated rings. The van der Waals surface area contributed by atoms with Crippen molar-refractivity contribution in [1.82, 2.24) is 10.2 Å². The molecular formula is C20H17F3N4O2. The molecule has 6 nitrogen and oxygen atoms in total. The third-order valence-electron chi connectivity index (χ3n) is 3.82. The van der Waals surface area contributed by atoms with E-state index in [9.17, 15) is 18.0 Å². The summed E-state index contributed by atoms with van der Waals surface area (Å²) in [4.78, 5) is 12.1. The molecule has 2 amide bonds. The first-order chi connectivity index (χ1) is 13.8. The summed E-state index contributed by atoms with van der Waals surface area (Å²) in [5.74, 6) is 0.431. The molecule has 2 aromatic carbocycles. The van der Waals surface area contributed by atoms with Crippen LogP contribution < -0.4 is 15.4 Å². The third kappa shape index (κ3) is 5.44. The van der Waals surface area contributed by atoms with Gasteiger partial charge in [-0.05, 0) is 43.3 Å². The topological polar surface area (TPSA) is 76.1 Å².